The van der Waals surface area contributed by atoms with E-state index in [2.05, 4.69) is 31.3 Å². The summed E-state index contributed by atoms with van der Waals surface area (Å²) in [6.07, 6.45) is 4.51. The van der Waals surface area contributed by atoms with Gasteiger partial charge in [0.05, 0.1) is 6.42 Å². The average molecular weight is 280 g/mol. The van der Waals surface area contributed by atoms with Gasteiger partial charge in [0.2, 0.25) is 5.91 Å². The Hall–Kier alpha value is -1.02. The minimum absolute atomic E-state index is 0.126. The molecule has 1 aromatic carbocycles. The standard InChI is InChI=1S/C16H22ClNO/c1-11-3-4-13(9-12(11)2)10-16(19)18-15-7-5-14(17)6-8-15/h3-4,9,14-15H,5-8,10H2,1-2H3,(H,18,19). The molecule has 2 rings (SSSR count). The number of hydrogen-bond acceptors (Lipinski definition) is 1. The summed E-state index contributed by atoms with van der Waals surface area (Å²) in [5, 5.41) is 3.42. The number of carbonyl (C=O) groups excluding carboxylic acids is 1. The number of benzene rings is 1. The summed E-state index contributed by atoms with van der Waals surface area (Å²) >= 11 is 6.07. The van der Waals surface area contributed by atoms with Gasteiger partial charge in [-0.25, -0.2) is 0 Å². The first-order valence-electron chi connectivity index (χ1n) is 7.04. The lowest BCUT2D eigenvalue weighted by molar-refractivity contribution is -0.121. The summed E-state index contributed by atoms with van der Waals surface area (Å²) < 4.78 is 0. The molecule has 2 nitrogen and oxygen atoms in total. The Morgan fingerprint density at radius 2 is 1.89 bits per heavy atom. The number of carbonyl (C=O) groups is 1. The molecule has 0 unspecified atom stereocenters. The van der Waals surface area contributed by atoms with Gasteiger partial charge in [-0.2, -0.15) is 0 Å². The lowest BCUT2D eigenvalue weighted by Crippen LogP contribution is -2.38. The van der Waals surface area contributed by atoms with Crippen LogP contribution < -0.4 is 5.32 Å². The zero-order chi connectivity index (χ0) is 13.8. The van der Waals surface area contributed by atoms with Gasteiger partial charge in [-0.1, -0.05) is 18.2 Å². The van der Waals surface area contributed by atoms with Crippen LogP contribution in [-0.4, -0.2) is 17.3 Å². The Labute approximate surface area is 120 Å². The fourth-order valence-electron chi connectivity index (χ4n) is 2.57. The molecule has 104 valence electrons. The highest BCUT2D eigenvalue weighted by molar-refractivity contribution is 6.20. The van der Waals surface area contributed by atoms with Crippen LogP contribution in [0.15, 0.2) is 18.2 Å². The molecule has 1 amide bonds. The molecule has 0 atom stereocenters. The van der Waals surface area contributed by atoms with E-state index in [1.807, 2.05) is 6.07 Å². The summed E-state index contributed by atoms with van der Waals surface area (Å²) in [6.45, 7) is 4.17. The molecule has 0 heterocycles. The van der Waals surface area contributed by atoms with Crippen LogP contribution in [0.1, 0.15) is 42.4 Å². The molecule has 0 bridgehead atoms. The Morgan fingerprint density at radius 1 is 1.21 bits per heavy atom. The lowest BCUT2D eigenvalue weighted by atomic mass is 9.94. The molecule has 1 fully saturated rings. The number of hydrogen-bond donors (Lipinski definition) is 1. The van der Waals surface area contributed by atoms with Gasteiger partial charge in [0.1, 0.15) is 0 Å². The van der Waals surface area contributed by atoms with Crippen molar-refractivity contribution >= 4 is 17.5 Å². The normalized spacial score (nSPS) is 23.1. The van der Waals surface area contributed by atoms with Gasteiger partial charge < -0.3 is 5.32 Å². The van der Waals surface area contributed by atoms with E-state index in [0.29, 0.717) is 17.8 Å². The fraction of sp³-hybridized carbons (Fsp3) is 0.562. The van der Waals surface area contributed by atoms with Crippen molar-refractivity contribution in [1.82, 2.24) is 5.32 Å². The highest BCUT2D eigenvalue weighted by Crippen LogP contribution is 2.22. The highest BCUT2D eigenvalue weighted by atomic mass is 35.5. The van der Waals surface area contributed by atoms with E-state index in [1.165, 1.54) is 11.1 Å². The van der Waals surface area contributed by atoms with E-state index in [0.717, 1.165) is 31.2 Å². The van der Waals surface area contributed by atoms with E-state index < -0.39 is 0 Å². The SMILES string of the molecule is Cc1ccc(CC(=O)NC2CCC(Cl)CC2)cc1C. The zero-order valence-corrected chi connectivity index (χ0v) is 12.5. The zero-order valence-electron chi connectivity index (χ0n) is 11.7. The quantitative estimate of drug-likeness (QED) is 0.843. The largest absolute Gasteiger partial charge is 0.353 e. The lowest BCUT2D eigenvalue weighted by Gasteiger charge is -2.25. The Morgan fingerprint density at radius 3 is 2.53 bits per heavy atom. The van der Waals surface area contributed by atoms with E-state index in [9.17, 15) is 4.79 Å². The third kappa shape index (κ3) is 4.24. The summed E-state index contributed by atoms with van der Waals surface area (Å²) in [5.41, 5.74) is 3.60. The molecule has 1 aliphatic carbocycles. The van der Waals surface area contributed by atoms with Crippen molar-refractivity contribution in [1.29, 1.82) is 0 Å². The molecule has 19 heavy (non-hydrogen) atoms. The van der Waals surface area contributed by atoms with Gasteiger partial charge in [0.15, 0.2) is 0 Å². The minimum Gasteiger partial charge on any atom is -0.353 e. The molecule has 0 aliphatic heterocycles. The summed E-state index contributed by atoms with van der Waals surface area (Å²) in [5.74, 6) is 0.126. The van der Waals surface area contributed by atoms with Crippen molar-refractivity contribution in [2.45, 2.75) is 57.4 Å². The van der Waals surface area contributed by atoms with Gasteiger partial charge in [0.25, 0.3) is 0 Å². The topological polar surface area (TPSA) is 29.1 Å². The summed E-state index contributed by atoms with van der Waals surface area (Å²) in [4.78, 5) is 12.0. The number of aryl methyl sites for hydroxylation is 2. The second-order valence-electron chi connectivity index (χ2n) is 5.61. The number of halogens is 1. The first-order valence-corrected chi connectivity index (χ1v) is 7.48. The molecular weight excluding hydrogens is 258 g/mol. The Balaban J connectivity index is 1.85. The number of nitrogens with one attached hydrogen (secondary N) is 1. The molecule has 1 aliphatic rings. The smallest absolute Gasteiger partial charge is 0.224 e. The van der Waals surface area contributed by atoms with Crippen molar-refractivity contribution < 1.29 is 4.79 Å². The van der Waals surface area contributed by atoms with Crippen LogP contribution in [0.2, 0.25) is 0 Å². The molecule has 1 N–H and O–H groups in total. The van der Waals surface area contributed by atoms with Crippen molar-refractivity contribution in [2.75, 3.05) is 0 Å². The fourth-order valence-corrected chi connectivity index (χ4v) is 2.83. The van der Waals surface area contributed by atoms with Gasteiger partial charge in [-0.3, -0.25) is 4.79 Å². The predicted molar refractivity (Wildman–Crippen MR) is 79.7 cm³/mol. The molecule has 0 aromatic heterocycles. The first-order chi connectivity index (χ1) is 9.04. The van der Waals surface area contributed by atoms with Crippen LogP contribution in [0.4, 0.5) is 0 Å². The number of amides is 1. The van der Waals surface area contributed by atoms with Crippen LogP contribution in [0.25, 0.3) is 0 Å². The number of alkyl halides is 1. The molecule has 0 radical (unpaired) electrons. The van der Waals surface area contributed by atoms with E-state index in [-0.39, 0.29) is 5.91 Å². The third-order valence-corrected chi connectivity index (χ3v) is 4.39. The minimum atomic E-state index is 0.126. The van der Waals surface area contributed by atoms with Gasteiger partial charge in [-0.05, 0) is 56.2 Å². The van der Waals surface area contributed by atoms with Crippen LogP contribution in [0.3, 0.4) is 0 Å². The van der Waals surface area contributed by atoms with Gasteiger partial charge >= 0.3 is 0 Å². The summed E-state index contributed by atoms with van der Waals surface area (Å²) in [7, 11) is 0. The average Bonchev–Trinajstić information content (AvgIpc) is 2.37. The second-order valence-corrected chi connectivity index (χ2v) is 6.23. The van der Waals surface area contributed by atoms with Gasteiger partial charge in [0, 0.05) is 11.4 Å². The van der Waals surface area contributed by atoms with E-state index in [1.54, 1.807) is 0 Å². The number of rotatable bonds is 3. The van der Waals surface area contributed by atoms with Crippen molar-refractivity contribution in [2.24, 2.45) is 0 Å². The monoisotopic (exact) mass is 279 g/mol. The molecule has 1 saturated carbocycles. The first kappa shape index (κ1) is 14.4. The van der Waals surface area contributed by atoms with Crippen molar-refractivity contribution in [3.05, 3.63) is 34.9 Å². The summed E-state index contributed by atoms with van der Waals surface area (Å²) in [6, 6.07) is 6.53. The maximum atomic E-state index is 12.0. The molecular formula is C16H22ClNO. The van der Waals surface area contributed by atoms with Crippen LogP contribution in [-0.2, 0) is 11.2 Å². The van der Waals surface area contributed by atoms with E-state index >= 15 is 0 Å². The molecule has 0 saturated heterocycles. The maximum Gasteiger partial charge on any atom is 0.224 e. The van der Waals surface area contributed by atoms with Crippen LogP contribution in [0, 0.1) is 13.8 Å². The predicted octanol–water partition coefficient (Wildman–Crippen LogP) is 3.51. The maximum absolute atomic E-state index is 12.0. The second kappa shape index (κ2) is 6.42. The molecule has 3 heteroatoms. The van der Waals surface area contributed by atoms with Gasteiger partial charge in [-0.15, -0.1) is 11.6 Å². The van der Waals surface area contributed by atoms with Crippen LogP contribution >= 0.6 is 11.6 Å². The highest BCUT2D eigenvalue weighted by Gasteiger charge is 2.20. The molecule has 1 aromatic rings. The van der Waals surface area contributed by atoms with Crippen LogP contribution in [0.5, 0.6) is 0 Å². The van der Waals surface area contributed by atoms with Crippen molar-refractivity contribution in [3.8, 4) is 0 Å². The third-order valence-electron chi connectivity index (χ3n) is 3.96. The van der Waals surface area contributed by atoms with E-state index in [4.69, 9.17) is 11.6 Å². The Bertz CT molecular complexity index is 450. The Kier molecular flexibility index (Phi) is 4.87. The van der Waals surface area contributed by atoms with Crippen molar-refractivity contribution in [3.63, 3.8) is 0 Å². The molecule has 0 spiro atoms.